The van der Waals surface area contributed by atoms with Gasteiger partial charge >= 0.3 is 0 Å². The Balaban J connectivity index is 2.52. The number of anilines is 1. The third-order valence-electron chi connectivity index (χ3n) is 2.08. The molecule has 0 aliphatic rings. The van der Waals surface area contributed by atoms with E-state index in [1.54, 1.807) is 6.20 Å². The van der Waals surface area contributed by atoms with Crippen molar-refractivity contribution in [3.63, 3.8) is 0 Å². The van der Waals surface area contributed by atoms with Crippen LogP contribution >= 0.6 is 0 Å². The van der Waals surface area contributed by atoms with Gasteiger partial charge < -0.3 is 10.3 Å². The van der Waals surface area contributed by atoms with Gasteiger partial charge in [-0.25, -0.2) is 0 Å². The van der Waals surface area contributed by atoms with E-state index in [4.69, 9.17) is 10.3 Å². The van der Waals surface area contributed by atoms with Crippen molar-refractivity contribution >= 4 is 5.88 Å². The molecule has 2 N–H and O–H groups in total. The standard InChI is InChI=1S/C10H11N3O/c1-2-7-9(13-14-10(7)11)8-5-3-4-6-12-8/h3-6H,2,11H2,1H3. The minimum absolute atomic E-state index is 0.383. The fourth-order valence-corrected chi connectivity index (χ4v) is 1.37. The maximum absolute atomic E-state index is 5.63. The Labute approximate surface area is 81.7 Å². The van der Waals surface area contributed by atoms with Gasteiger partial charge in [-0.1, -0.05) is 18.1 Å². The predicted octanol–water partition coefficient (Wildman–Crippen LogP) is 1.88. The zero-order valence-corrected chi connectivity index (χ0v) is 7.90. The minimum atomic E-state index is 0.383. The highest BCUT2D eigenvalue weighted by molar-refractivity contribution is 5.63. The SMILES string of the molecule is CCc1c(-c2ccccn2)noc1N. The fourth-order valence-electron chi connectivity index (χ4n) is 1.37. The maximum Gasteiger partial charge on any atom is 0.225 e. The fraction of sp³-hybridized carbons (Fsp3) is 0.200. The molecule has 14 heavy (non-hydrogen) atoms. The van der Waals surface area contributed by atoms with E-state index in [0.29, 0.717) is 5.88 Å². The first-order valence-electron chi connectivity index (χ1n) is 4.48. The first-order chi connectivity index (χ1) is 6.83. The first-order valence-corrected chi connectivity index (χ1v) is 4.48. The lowest BCUT2D eigenvalue weighted by atomic mass is 10.1. The molecule has 4 heteroatoms. The molecule has 0 unspecified atom stereocenters. The van der Waals surface area contributed by atoms with Crippen LogP contribution in [0.5, 0.6) is 0 Å². The second-order valence-electron chi connectivity index (χ2n) is 2.94. The van der Waals surface area contributed by atoms with Crippen molar-refractivity contribution in [2.45, 2.75) is 13.3 Å². The number of aromatic nitrogens is 2. The van der Waals surface area contributed by atoms with Crippen molar-refractivity contribution in [3.8, 4) is 11.4 Å². The topological polar surface area (TPSA) is 64.9 Å². The smallest absolute Gasteiger partial charge is 0.225 e. The Kier molecular flexibility index (Phi) is 2.18. The molecular weight excluding hydrogens is 178 g/mol. The van der Waals surface area contributed by atoms with E-state index in [0.717, 1.165) is 23.4 Å². The van der Waals surface area contributed by atoms with Crippen molar-refractivity contribution in [1.82, 2.24) is 10.1 Å². The summed E-state index contributed by atoms with van der Waals surface area (Å²) in [6, 6.07) is 5.65. The normalized spacial score (nSPS) is 10.4. The number of pyridine rings is 1. The highest BCUT2D eigenvalue weighted by Crippen LogP contribution is 2.25. The van der Waals surface area contributed by atoms with Crippen LogP contribution in [0.15, 0.2) is 28.9 Å². The van der Waals surface area contributed by atoms with Gasteiger partial charge in [0.15, 0.2) is 0 Å². The summed E-state index contributed by atoms with van der Waals surface area (Å²) < 4.78 is 4.93. The van der Waals surface area contributed by atoms with Gasteiger partial charge in [0.05, 0.1) is 5.69 Å². The molecular formula is C10H11N3O. The second kappa shape index (κ2) is 3.49. The van der Waals surface area contributed by atoms with Crippen LogP contribution in [0.2, 0.25) is 0 Å². The van der Waals surface area contributed by atoms with Crippen LogP contribution in [-0.2, 0) is 6.42 Å². The molecule has 0 aliphatic carbocycles. The largest absolute Gasteiger partial charge is 0.367 e. The van der Waals surface area contributed by atoms with Crippen LogP contribution < -0.4 is 5.73 Å². The van der Waals surface area contributed by atoms with E-state index < -0.39 is 0 Å². The number of nitrogens with zero attached hydrogens (tertiary/aromatic N) is 2. The molecule has 0 amide bonds. The summed E-state index contributed by atoms with van der Waals surface area (Å²) in [5.41, 5.74) is 8.09. The second-order valence-corrected chi connectivity index (χ2v) is 2.94. The summed E-state index contributed by atoms with van der Waals surface area (Å²) >= 11 is 0. The quantitative estimate of drug-likeness (QED) is 0.783. The summed E-state index contributed by atoms with van der Waals surface area (Å²) in [6.45, 7) is 2.01. The van der Waals surface area contributed by atoms with E-state index in [1.165, 1.54) is 0 Å². The molecule has 2 rings (SSSR count). The van der Waals surface area contributed by atoms with Gasteiger partial charge in [-0.2, -0.15) is 0 Å². The van der Waals surface area contributed by atoms with Crippen LogP contribution in [0.25, 0.3) is 11.4 Å². The molecule has 0 atom stereocenters. The van der Waals surface area contributed by atoms with E-state index in [1.807, 2.05) is 25.1 Å². The lowest BCUT2D eigenvalue weighted by Crippen LogP contribution is -1.91. The van der Waals surface area contributed by atoms with E-state index in [-0.39, 0.29) is 0 Å². The Morgan fingerprint density at radius 3 is 2.93 bits per heavy atom. The molecule has 72 valence electrons. The Morgan fingerprint density at radius 1 is 1.43 bits per heavy atom. The summed E-state index contributed by atoms with van der Waals surface area (Å²) in [4.78, 5) is 4.19. The lowest BCUT2D eigenvalue weighted by molar-refractivity contribution is 0.438. The van der Waals surface area contributed by atoms with Crippen LogP contribution in [0.4, 0.5) is 5.88 Å². The molecule has 2 heterocycles. The molecule has 0 aromatic carbocycles. The van der Waals surface area contributed by atoms with Gasteiger partial charge in [-0.3, -0.25) is 4.98 Å². The van der Waals surface area contributed by atoms with Crippen molar-refractivity contribution in [3.05, 3.63) is 30.0 Å². The average molecular weight is 189 g/mol. The highest BCUT2D eigenvalue weighted by Gasteiger charge is 2.13. The molecule has 0 fully saturated rings. The molecule has 4 nitrogen and oxygen atoms in total. The van der Waals surface area contributed by atoms with Crippen molar-refractivity contribution in [2.24, 2.45) is 0 Å². The van der Waals surface area contributed by atoms with Crippen LogP contribution in [-0.4, -0.2) is 10.1 Å². The van der Waals surface area contributed by atoms with Gasteiger partial charge in [0.2, 0.25) is 5.88 Å². The van der Waals surface area contributed by atoms with Crippen LogP contribution in [0, 0.1) is 0 Å². The molecule has 2 aromatic rings. The summed E-state index contributed by atoms with van der Waals surface area (Å²) in [6.07, 6.45) is 2.51. The molecule has 0 bridgehead atoms. The van der Waals surface area contributed by atoms with E-state index in [2.05, 4.69) is 10.1 Å². The third-order valence-corrected chi connectivity index (χ3v) is 2.08. The van der Waals surface area contributed by atoms with Gasteiger partial charge in [0.25, 0.3) is 0 Å². The van der Waals surface area contributed by atoms with Crippen LogP contribution in [0.1, 0.15) is 12.5 Å². The number of hydrogen-bond acceptors (Lipinski definition) is 4. The molecule has 0 saturated heterocycles. The average Bonchev–Trinajstić information content (AvgIpc) is 2.61. The maximum atomic E-state index is 5.63. The third kappa shape index (κ3) is 1.35. The minimum Gasteiger partial charge on any atom is -0.367 e. The van der Waals surface area contributed by atoms with Gasteiger partial charge in [-0.15, -0.1) is 0 Å². The highest BCUT2D eigenvalue weighted by atomic mass is 16.5. The zero-order chi connectivity index (χ0) is 9.97. The molecule has 2 aromatic heterocycles. The Bertz CT molecular complexity index is 422. The van der Waals surface area contributed by atoms with Crippen molar-refractivity contribution < 1.29 is 4.52 Å². The van der Waals surface area contributed by atoms with Crippen molar-refractivity contribution in [2.75, 3.05) is 5.73 Å². The Morgan fingerprint density at radius 2 is 2.29 bits per heavy atom. The number of rotatable bonds is 2. The zero-order valence-electron chi connectivity index (χ0n) is 7.90. The van der Waals surface area contributed by atoms with Gasteiger partial charge in [0, 0.05) is 11.8 Å². The molecule has 0 spiro atoms. The number of hydrogen-bond donors (Lipinski definition) is 1. The molecule has 0 saturated carbocycles. The number of nitrogen functional groups attached to an aromatic ring is 1. The lowest BCUT2D eigenvalue weighted by Gasteiger charge is -1.96. The summed E-state index contributed by atoms with van der Waals surface area (Å²) in [5.74, 6) is 0.383. The van der Waals surface area contributed by atoms with Crippen molar-refractivity contribution in [1.29, 1.82) is 0 Å². The Hall–Kier alpha value is -1.84. The summed E-state index contributed by atoms with van der Waals surface area (Å²) in [5, 5.41) is 3.89. The van der Waals surface area contributed by atoms with Gasteiger partial charge in [-0.05, 0) is 18.6 Å². The van der Waals surface area contributed by atoms with Crippen LogP contribution in [0.3, 0.4) is 0 Å². The molecule has 0 radical (unpaired) electrons. The molecule has 0 aliphatic heterocycles. The summed E-state index contributed by atoms with van der Waals surface area (Å²) in [7, 11) is 0. The monoisotopic (exact) mass is 189 g/mol. The van der Waals surface area contributed by atoms with E-state index >= 15 is 0 Å². The first kappa shape index (κ1) is 8.74. The predicted molar refractivity (Wildman–Crippen MR) is 53.5 cm³/mol. The van der Waals surface area contributed by atoms with E-state index in [9.17, 15) is 0 Å². The number of nitrogens with two attached hydrogens (primary N) is 1. The van der Waals surface area contributed by atoms with Gasteiger partial charge in [0.1, 0.15) is 5.69 Å².